The average molecular weight is 462 g/mol. The van der Waals surface area contributed by atoms with Gasteiger partial charge >= 0.3 is 0 Å². The number of hydrogen-bond donors (Lipinski definition) is 1. The molecule has 0 saturated carbocycles. The molecule has 0 radical (unpaired) electrons. The van der Waals surface area contributed by atoms with Crippen LogP contribution < -0.4 is 5.32 Å². The molecular weight excluding hydrogens is 418 g/mol. The fourth-order valence-electron chi connectivity index (χ4n) is 6.03. The van der Waals surface area contributed by atoms with Crippen LogP contribution in [0.2, 0.25) is 0 Å². The Bertz CT molecular complexity index is 816. The molecule has 2 fully saturated rings. The van der Waals surface area contributed by atoms with E-state index in [9.17, 15) is 4.79 Å². The SMILES string of the molecule is CCC(=O)NCC(CCCN1CCC(N2CCCCC2)CC1)(c1ccccc1)c1ccccc1. The van der Waals surface area contributed by atoms with E-state index >= 15 is 0 Å². The van der Waals surface area contributed by atoms with E-state index < -0.39 is 0 Å². The molecule has 4 rings (SSSR count). The van der Waals surface area contributed by atoms with E-state index in [0.29, 0.717) is 13.0 Å². The molecule has 0 aliphatic carbocycles. The van der Waals surface area contributed by atoms with Crippen LogP contribution in [0.4, 0.5) is 0 Å². The first-order valence-corrected chi connectivity index (χ1v) is 13.6. The molecule has 4 heteroatoms. The highest BCUT2D eigenvalue weighted by Gasteiger charge is 2.34. The standard InChI is InChI=1S/C30H43N3O/c1-2-29(34)31-25-30(26-13-6-3-7-14-26,27-15-8-4-9-16-27)19-12-20-32-23-17-28(18-24-32)33-21-10-5-11-22-33/h3-4,6-9,13-16,28H,2,5,10-12,17-25H2,1H3,(H,31,34). The van der Waals surface area contributed by atoms with Crippen molar-refractivity contribution in [2.45, 2.75) is 69.7 Å². The number of nitrogens with one attached hydrogen (secondary N) is 1. The van der Waals surface area contributed by atoms with E-state index in [1.54, 1.807) is 0 Å². The molecule has 1 amide bonds. The molecule has 184 valence electrons. The predicted molar refractivity (Wildman–Crippen MR) is 141 cm³/mol. The smallest absolute Gasteiger partial charge is 0.219 e. The summed E-state index contributed by atoms with van der Waals surface area (Å²) in [6.07, 6.45) is 9.48. The largest absolute Gasteiger partial charge is 0.355 e. The number of benzene rings is 2. The normalized spacial score (nSPS) is 18.6. The molecule has 0 aromatic heterocycles. The van der Waals surface area contributed by atoms with E-state index in [2.05, 4.69) is 75.8 Å². The van der Waals surface area contributed by atoms with Crippen LogP contribution in [0.15, 0.2) is 60.7 Å². The molecule has 1 N–H and O–H groups in total. The zero-order valence-corrected chi connectivity index (χ0v) is 21.1. The number of carbonyl (C=O) groups is 1. The summed E-state index contributed by atoms with van der Waals surface area (Å²) in [5.41, 5.74) is 2.38. The molecule has 0 spiro atoms. The summed E-state index contributed by atoms with van der Waals surface area (Å²) in [5.74, 6) is 0.121. The number of likely N-dealkylation sites (tertiary alicyclic amines) is 2. The first-order chi connectivity index (χ1) is 16.7. The molecular formula is C30H43N3O. The summed E-state index contributed by atoms with van der Waals surface area (Å²) in [4.78, 5) is 17.7. The second kappa shape index (κ2) is 12.5. The number of rotatable bonds is 10. The molecule has 2 saturated heterocycles. The highest BCUT2D eigenvalue weighted by molar-refractivity contribution is 5.75. The lowest BCUT2D eigenvalue weighted by atomic mass is 9.71. The van der Waals surface area contributed by atoms with Crippen molar-refractivity contribution >= 4 is 5.91 Å². The van der Waals surface area contributed by atoms with E-state index in [4.69, 9.17) is 0 Å². The van der Waals surface area contributed by atoms with Gasteiger partial charge in [0, 0.05) is 24.4 Å². The van der Waals surface area contributed by atoms with Gasteiger partial charge in [0.2, 0.25) is 5.91 Å². The van der Waals surface area contributed by atoms with Gasteiger partial charge in [-0.05, 0) is 82.4 Å². The predicted octanol–water partition coefficient (Wildman–Crippen LogP) is 5.23. The van der Waals surface area contributed by atoms with Crippen molar-refractivity contribution in [3.8, 4) is 0 Å². The van der Waals surface area contributed by atoms with Crippen LogP contribution in [0.5, 0.6) is 0 Å². The Balaban J connectivity index is 1.43. The first kappa shape index (κ1) is 24.9. The average Bonchev–Trinajstić information content (AvgIpc) is 2.92. The van der Waals surface area contributed by atoms with Crippen LogP contribution in [0, 0.1) is 0 Å². The molecule has 0 unspecified atom stereocenters. The number of piperidine rings is 2. The molecule has 2 aromatic carbocycles. The topological polar surface area (TPSA) is 35.6 Å². The molecule has 2 aliphatic heterocycles. The Morgan fingerprint density at radius 2 is 1.47 bits per heavy atom. The second-order valence-electron chi connectivity index (χ2n) is 10.2. The summed E-state index contributed by atoms with van der Waals surface area (Å²) in [6.45, 7) is 8.76. The van der Waals surface area contributed by atoms with Gasteiger partial charge in [0.1, 0.15) is 0 Å². The van der Waals surface area contributed by atoms with Gasteiger partial charge < -0.3 is 15.1 Å². The Morgan fingerprint density at radius 3 is 2.03 bits per heavy atom. The minimum atomic E-state index is -0.209. The van der Waals surface area contributed by atoms with Gasteiger partial charge in [-0.15, -0.1) is 0 Å². The summed E-state index contributed by atoms with van der Waals surface area (Å²) in [5, 5.41) is 3.24. The van der Waals surface area contributed by atoms with Crippen molar-refractivity contribution in [3.05, 3.63) is 71.8 Å². The Labute approximate surface area is 206 Å². The van der Waals surface area contributed by atoms with Crippen LogP contribution in [0.1, 0.15) is 69.4 Å². The highest BCUT2D eigenvalue weighted by Crippen LogP contribution is 2.37. The van der Waals surface area contributed by atoms with Gasteiger partial charge in [0.25, 0.3) is 0 Å². The number of carbonyl (C=O) groups excluding carboxylic acids is 1. The third-order valence-electron chi connectivity index (χ3n) is 8.10. The van der Waals surface area contributed by atoms with Crippen molar-refractivity contribution in [2.75, 3.05) is 39.3 Å². The van der Waals surface area contributed by atoms with Crippen LogP contribution in [-0.2, 0) is 10.2 Å². The first-order valence-electron chi connectivity index (χ1n) is 13.6. The van der Waals surface area contributed by atoms with Gasteiger partial charge in [0.05, 0.1) is 0 Å². The second-order valence-corrected chi connectivity index (χ2v) is 10.2. The van der Waals surface area contributed by atoms with Gasteiger partial charge in [-0.3, -0.25) is 4.79 Å². The monoisotopic (exact) mass is 461 g/mol. The van der Waals surface area contributed by atoms with E-state index in [1.165, 1.54) is 69.4 Å². The molecule has 2 heterocycles. The van der Waals surface area contributed by atoms with Crippen LogP contribution in [0.25, 0.3) is 0 Å². The molecule has 2 aliphatic rings. The molecule has 2 aromatic rings. The molecule has 0 bridgehead atoms. The Hall–Kier alpha value is -2.17. The lowest BCUT2D eigenvalue weighted by Gasteiger charge is -2.41. The Morgan fingerprint density at radius 1 is 0.882 bits per heavy atom. The number of nitrogens with zero attached hydrogens (tertiary/aromatic N) is 2. The quantitative estimate of drug-likeness (QED) is 0.526. The highest BCUT2D eigenvalue weighted by atomic mass is 16.1. The van der Waals surface area contributed by atoms with Crippen LogP contribution in [-0.4, -0.2) is 61.0 Å². The van der Waals surface area contributed by atoms with Crippen molar-refractivity contribution < 1.29 is 4.79 Å². The maximum atomic E-state index is 12.3. The zero-order valence-electron chi connectivity index (χ0n) is 21.1. The summed E-state index contributed by atoms with van der Waals surface area (Å²) in [7, 11) is 0. The lowest BCUT2D eigenvalue weighted by molar-refractivity contribution is -0.121. The van der Waals surface area contributed by atoms with Gasteiger partial charge in [-0.1, -0.05) is 74.0 Å². The summed E-state index contributed by atoms with van der Waals surface area (Å²) >= 11 is 0. The van der Waals surface area contributed by atoms with E-state index in [-0.39, 0.29) is 11.3 Å². The fraction of sp³-hybridized carbons (Fsp3) is 0.567. The zero-order chi connectivity index (χ0) is 23.6. The van der Waals surface area contributed by atoms with Crippen molar-refractivity contribution in [2.24, 2.45) is 0 Å². The minimum absolute atomic E-state index is 0.121. The third kappa shape index (κ3) is 6.28. The third-order valence-corrected chi connectivity index (χ3v) is 8.10. The Kier molecular flexibility index (Phi) is 9.18. The number of hydrogen-bond acceptors (Lipinski definition) is 3. The summed E-state index contributed by atoms with van der Waals surface area (Å²) < 4.78 is 0. The molecule has 0 atom stereocenters. The maximum absolute atomic E-state index is 12.3. The minimum Gasteiger partial charge on any atom is -0.355 e. The van der Waals surface area contributed by atoms with E-state index in [1.807, 2.05) is 6.92 Å². The van der Waals surface area contributed by atoms with Gasteiger partial charge in [-0.25, -0.2) is 0 Å². The van der Waals surface area contributed by atoms with Crippen molar-refractivity contribution in [1.29, 1.82) is 0 Å². The van der Waals surface area contributed by atoms with Crippen molar-refractivity contribution in [3.63, 3.8) is 0 Å². The van der Waals surface area contributed by atoms with Gasteiger partial charge in [-0.2, -0.15) is 0 Å². The maximum Gasteiger partial charge on any atom is 0.219 e. The lowest BCUT2D eigenvalue weighted by Crippen LogP contribution is -2.47. The molecule has 34 heavy (non-hydrogen) atoms. The van der Waals surface area contributed by atoms with Crippen molar-refractivity contribution in [1.82, 2.24) is 15.1 Å². The van der Waals surface area contributed by atoms with Crippen LogP contribution in [0.3, 0.4) is 0 Å². The van der Waals surface area contributed by atoms with Crippen LogP contribution >= 0.6 is 0 Å². The molecule has 4 nitrogen and oxygen atoms in total. The fourth-order valence-corrected chi connectivity index (χ4v) is 6.03. The van der Waals surface area contributed by atoms with E-state index in [0.717, 1.165) is 25.4 Å². The van der Waals surface area contributed by atoms with Gasteiger partial charge in [0.15, 0.2) is 0 Å². The number of amides is 1. The summed E-state index contributed by atoms with van der Waals surface area (Å²) in [6, 6.07) is 22.4.